The molecule has 0 amide bonds. The van der Waals surface area contributed by atoms with Crippen molar-refractivity contribution in [1.82, 2.24) is 5.32 Å². The van der Waals surface area contributed by atoms with Crippen LogP contribution in [0.5, 0.6) is 0 Å². The van der Waals surface area contributed by atoms with Crippen LogP contribution in [-0.4, -0.2) is 6.54 Å². The van der Waals surface area contributed by atoms with Crippen LogP contribution in [0.4, 0.5) is 8.78 Å². The van der Waals surface area contributed by atoms with Gasteiger partial charge >= 0.3 is 0 Å². The first-order valence-corrected chi connectivity index (χ1v) is 7.98. The van der Waals surface area contributed by atoms with E-state index in [1.165, 1.54) is 0 Å². The maximum Gasteiger partial charge on any atom is 0.160 e. The summed E-state index contributed by atoms with van der Waals surface area (Å²) in [5.74, 6) is -1.81. The second kappa shape index (κ2) is 6.47. The van der Waals surface area contributed by atoms with Gasteiger partial charge in [-0.15, -0.1) is 11.3 Å². The minimum absolute atomic E-state index is 0.228. The van der Waals surface area contributed by atoms with Gasteiger partial charge in [0.25, 0.3) is 0 Å². The van der Waals surface area contributed by atoms with Crippen molar-refractivity contribution in [1.29, 1.82) is 0 Å². The maximum atomic E-state index is 13.4. The molecule has 0 saturated carbocycles. The van der Waals surface area contributed by atoms with Gasteiger partial charge in [0.05, 0.1) is 8.93 Å². The van der Waals surface area contributed by atoms with E-state index in [0.717, 1.165) is 20.6 Å². The SMILES string of the molecule is CCNC(c1csc(I)c1)c1cc(F)c(F)cc1Cl. The molecule has 1 heterocycles. The highest BCUT2D eigenvalue weighted by Crippen LogP contribution is 2.32. The molecule has 6 heteroatoms. The molecule has 1 atom stereocenters. The second-order valence-electron chi connectivity index (χ2n) is 3.96. The van der Waals surface area contributed by atoms with Crippen molar-refractivity contribution in [3.63, 3.8) is 0 Å². The van der Waals surface area contributed by atoms with Crippen molar-refractivity contribution in [3.8, 4) is 0 Å². The van der Waals surface area contributed by atoms with Crippen LogP contribution in [0.25, 0.3) is 0 Å². The van der Waals surface area contributed by atoms with Crippen LogP contribution < -0.4 is 5.32 Å². The summed E-state index contributed by atoms with van der Waals surface area (Å²) in [7, 11) is 0. The third kappa shape index (κ3) is 3.45. The Bertz CT molecular complexity index is 588. The fourth-order valence-corrected chi connectivity index (χ4v) is 3.50. The molecule has 19 heavy (non-hydrogen) atoms. The van der Waals surface area contributed by atoms with E-state index in [-0.39, 0.29) is 11.1 Å². The molecule has 0 aliphatic rings. The molecule has 0 bridgehead atoms. The van der Waals surface area contributed by atoms with E-state index in [0.29, 0.717) is 12.1 Å². The molecule has 1 aromatic carbocycles. The van der Waals surface area contributed by atoms with Crippen molar-refractivity contribution < 1.29 is 8.78 Å². The number of benzene rings is 1. The fourth-order valence-electron chi connectivity index (χ4n) is 1.85. The quantitative estimate of drug-likeness (QED) is 0.550. The first-order valence-electron chi connectivity index (χ1n) is 5.64. The van der Waals surface area contributed by atoms with E-state index >= 15 is 0 Å². The molecule has 1 unspecified atom stereocenters. The van der Waals surface area contributed by atoms with Gasteiger partial charge in [0.2, 0.25) is 0 Å². The lowest BCUT2D eigenvalue weighted by atomic mass is 10.0. The summed E-state index contributed by atoms with van der Waals surface area (Å²) >= 11 is 9.87. The molecule has 102 valence electrons. The van der Waals surface area contributed by atoms with Crippen LogP contribution in [-0.2, 0) is 0 Å². The number of halogens is 4. The summed E-state index contributed by atoms with van der Waals surface area (Å²) in [4.78, 5) is 0. The van der Waals surface area contributed by atoms with Crippen LogP contribution in [0.1, 0.15) is 24.1 Å². The number of hydrogen-bond donors (Lipinski definition) is 1. The van der Waals surface area contributed by atoms with Gasteiger partial charge in [-0.3, -0.25) is 0 Å². The molecule has 1 nitrogen and oxygen atoms in total. The maximum absolute atomic E-state index is 13.4. The second-order valence-corrected chi connectivity index (χ2v) is 7.18. The largest absolute Gasteiger partial charge is 0.306 e. The lowest BCUT2D eigenvalue weighted by Gasteiger charge is -2.19. The first-order chi connectivity index (χ1) is 9.02. The van der Waals surface area contributed by atoms with Gasteiger partial charge in [-0.2, -0.15) is 0 Å². The smallest absolute Gasteiger partial charge is 0.160 e. The van der Waals surface area contributed by atoms with Crippen LogP contribution >= 0.6 is 45.5 Å². The minimum Gasteiger partial charge on any atom is -0.306 e. The molecular weight excluding hydrogens is 403 g/mol. The average molecular weight is 414 g/mol. The molecule has 2 aromatic rings. The Balaban J connectivity index is 2.47. The average Bonchev–Trinajstić information content (AvgIpc) is 2.78. The van der Waals surface area contributed by atoms with Crippen molar-refractivity contribution in [2.45, 2.75) is 13.0 Å². The molecule has 0 saturated heterocycles. The molecule has 0 radical (unpaired) electrons. The van der Waals surface area contributed by atoms with Gasteiger partial charge in [0, 0.05) is 5.02 Å². The normalized spacial score (nSPS) is 12.7. The van der Waals surface area contributed by atoms with E-state index in [4.69, 9.17) is 11.6 Å². The lowest BCUT2D eigenvalue weighted by molar-refractivity contribution is 0.504. The molecule has 1 aromatic heterocycles. The number of thiophene rings is 1. The van der Waals surface area contributed by atoms with Gasteiger partial charge in [-0.25, -0.2) is 8.78 Å². The van der Waals surface area contributed by atoms with Crippen molar-refractivity contribution in [2.75, 3.05) is 6.54 Å². The third-order valence-electron chi connectivity index (χ3n) is 2.68. The standard InChI is InChI=1S/C13H11ClF2INS/c1-2-18-13(7-3-12(17)19-6-7)8-4-10(15)11(16)5-9(8)14/h3-6,13,18H,2H2,1H3. The Kier molecular flexibility index (Phi) is 5.16. The van der Waals surface area contributed by atoms with Gasteiger partial charge < -0.3 is 5.32 Å². The molecule has 1 N–H and O–H groups in total. The van der Waals surface area contributed by atoms with E-state index in [1.54, 1.807) is 11.3 Å². The van der Waals surface area contributed by atoms with E-state index < -0.39 is 11.6 Å². The summed E-state index contributed by atoms with van der Waals surface area (Å²) in [5.41, 5.74) is 1.56. The number of hydrogen-bond acceptors (Lipinski definition) is 2. The molecule has 0 spiro atoms. The van der Waals surface area contributed by atoms with Crippen molar-refractivity contribution in [3.05, 3.63) is 54.2 Å². The number of nitrogens with one attached hydrogen (secondary N) is 1. The molecule has 0 aliphatic carbocycles. The third-order valence-corrected chi connectivity index (χ3v) is 4.81. The van der Waals surface area contributed by atoms with Gasteiger partial charge in [-0.1, -0.05) is 18.5 Å². The minimum atomic E-state index is -0.927. The lowest BCUT2D eigenvalue weighted by Crippen LogP contribution is -2.22. The monoisotopic (exact) mass is 413 g/mol. The summed E-state index contributed by atoms with van der Waals surface area (Å²) in [5, 5.41) is 5.47. The highest BCUT2D eigenvalue weighted by molar-refractivity contribution is 14.1. The highest BCUT2D eigenvalue weighted by atomic mass is 127. The van der Waals surface area contributed by atoms with Crippen molar-refractivity contribution >= 4 is 45.5 Å². The predicted molar refractivity (Wildman–Crippen MR) is 83.9 cm³/mol. The Hall–Kier alpha value is -0.240. The predicted octanol–water partition coefficient (Wildman–Crippen LogP) is 4.98. The molecular formula is C13H11ClF2INS. The van der Waals surface area contributed by atoms with Crippen LogP contribution in [0.2, 0.25) is 5.02 Å². The Morgan fingerprint density at radius 2 is 2.00 bits per heavy atom. The van der Waals surface area contributed by atoms with Crippen LogP contribution in [0.15, 0.2) is 23.6 Å². The van der Waals surface area contributed by atoms with Crippen LogP contribution in [0, 0.1) is 14.5 Å². The molecule has 0 fully saturated rings. The zero-order chi connectivity index (χ0) is 14.0. The van der Waals surface area contributed by atoms with E-state index in [1.807, 2.05) is 18.4 Å². The Labute approximate surface area is 133 Å². The Morgan fingerprint density at radius 3 is 2.58 bits per heavy atom. The summed E-state index contributed by atoms with van der Waals surface area (Å²) in [6.45, 7) is 2.66. The number of rotatable bonds is 4. The highest BCUT2D eigenvalue weighted by Gasteiger charge is 2.19. The summed E-state index contributed by atoms with van der Waals surface area (Å²) in [6.07, 6.45) is 0. The first kappa shape index (κ1) is 15.2. The Morgan fingerprint density at radius 1 is 1.32 bits per heavy atom. The van der Waals surface area contributed by atoms with E-state index in [2.05, 4.69) is 27.9 Å². The van der Waals surface area contributed by atoms with Crippen LogP contribution in [0.3, 0.4) is 0 Å². The molecule has 0 aliphatic heterocycles. The zero-order valence-electron chi connectivity index (χ0n) is 10.0. The summed E-state index contributed by atoms with van der Waals surface area (Å²) in [6, 6.07) is 3.96. The van der Waals surface area contributed by atoms with Gasteiger partial charge in [0.1, 0.15) is 0 Å². The van der Waals surface area contributed by atoms with Crippen molar-refractivity contribution in [2.24, 2.45) is 0 Å². The van der Waals surface area contributed by atoms with Gasteiger partial charge in [0.15, 0.2) is 11.6 Å². The topological polar surface area (TPSA) is 12.0 Å². The van der Waals surface area contributed by atoms with E-state index in [9.17, 15) is 8.78 Å². The fraction of sp³-hybridized carbons (Fsp3) is 0.231. The zero-order valence-corrected chi connectivity index (χ0v) is 13.7. The summed E-state index contributed by atoms with van der Waals surface area (Å²) < 4.78 is 27.7. The van der Waals surface area contributed by atoms with Gasteiger partial charge in [-0.05, 0) is 63.8 Å². The molecule has 2 rings (SSSR count).